The summed E-state index contributed by atoms with van der Waals surface area (Å²) in [5, 5.41) is -0.104. The summed E-state index contributed by atoms with van der Waals surface area (Å²) in [6.07, 6.45) is 6.64. The number of rotatable bonds is 9. The highest BCUT2D eigenvalue weighted by Crippen LogP contribution is 2.38. The molecule has 1 atom stereocenters. The fourth-order valence-electron chi connectivity index (χ4n) is 4.25. The van der Waals surface area contributed by atoms with Crippen molar-refractivity contribution < 1.29 is 17.9 Å². The first kappa shape index (κ1) is 26.7. The minimum Gasteiger partial charge on any atom is -0.474 e. The van der Waals surface area contributed by atoms with E-state index < -0.39 is 10.0 Å². The van der Waals surface area contributed by atoms with Crippen molar-refractivity contribution in [2.75, 3.05) is 17.9 Å². The standard InChI is InChI=1S/C29H31N5O4S/c1-19(2)23-10-11-25(31-17-23)39(35,36)34-28-26(21-8-6-20(3)7-9-21)29(38-18-24-5-4-16-37-24)33-27(32-28)22-12-14-30-15-13-22/h6-15,17,19,24H,4-5,16,18H2,1-3H3,(H,32,33,34). The van der Waals surface area contributed by atoms with Gasteiger partial charge >= 0.3 is 0 Å². The number of anilines is 1. The molecule has 39 heavy (non-hydrogen) atoms. The van der Waals surface area contributed by atoms with E-state index in [0.717, 1.165) is 24.0 Å². The van der Waals surface area contributed by atoms with Gasteiger partial charge in [-0.05, 0) is 55.0 Å². The highest BCUT2D eigenvalue weighted by molar-refractivity contribution is 7.92. The van der Waals surface area contributed by atoms with Gasteiger partial charge in [0.15, 0.2) is 16.7 Å². The van der Waals surface area contributed by atoms with Crippen molar-refractivity contribution in [1.29, 1.82) is 0 Å². The molecule has 5 rings (SSSR count). The van der Waals surface area contributed by atoms with Gasteiger partial charge in [-0.3, -0.25) is 9.71 Å². The zero-order chi connectivity index (χ0) is 27.4. The van der Waals surface area contributed by atoms with Crippen LogP contribution >= 0.6 is 0 Å². The van der Waals surface area contributed by atoms with E-state index in [1.165, 1.54) is 6.07 Å². The molecule has 0 spiro atoms. The second-order valence-corrected chi connectivity index (χ2v) is 11.4. The summed E-state index contributed by atoms with van der Waals surface area (Å²) in [4.78, 5) is 17.7. The maximum Gasteiger partial charge on any atom is 0.280 e. The van der Waals surface area contributed by atoms with Crippen molar-refractivity contribution in [1.82, 2.24) is 19.9 Å². The van der Waals surface area contributed by atoms with E-state index in [2.05, 4.69) is 19.7 Å². The lowest BCUT2D eigenvalue weighted by Gasteiger charge is -2.19. The van der Waals surface area contributed by atoms with Gasteiger partial charge in [-0.25, -0.2) is 9.97 Å². The molecule has 0 bridgehead atoms. The van der Waals surface area contributed by atoms with Gasteiger partial charge in [0.2, 0.25) is 5.88 Å². The summed E-state index contributed by atoms with van der Waals surface area (Å²) in [5.41, 5.74) is 3.83. The molecule has 0 radical (unpaired) electrons. The van der Waals surface area contributed by atoms with Crippen LogP contribution < -0.4 is 9.46 Å². The van der Waals surface area contributed by atoms with Gasteiger partial charge in [0.25, 0.3) is 10.0 Å². The summed E-state index contributed by atoms with van der Waals surface area (Å²) < 4.78 is 41.7. The van der Waals surface area contributed by atoms with Crippen LogP contribution in [0.4, 0.5) is 5.82 Å². The molecule has 202 valence electrons. The Labute approximate surface area is 228 Å². The first-order valence-corrected chi connectivity index (χ1v) is 14.4. The van der Waals surface area contributed by atoms with Crippen LogP contribution in [0.25, 0.3) is 22.5 Å². The van der Waals surface area contributed by atoms with Crippen LogP contribution in [0.3, 0.4) is 0 Å². The van der Waals surface area contributed by atoms with Crippen LogP contribution in [0.15, 0.2) is 72.1 Å². The lowest BCUT2D eigenvalue weighted by Crippen LogP contribution is -2.20. The second kappa shape index (κ2) is 11.5. The predicted molar refractivity (Wildman–Crippen MR) is 149 cm³/mol. The van der Waals surface area contributed by atoms with Gasteiger partial charge in [0.05, 0.1) is 11.7 Å². The van der Waals surface area contributed by atoms with E-state index >= 15 is 0 Å². The number of nitrogens with zero attached hydrogens (tertiary/aromatic N) is 4. The van der Waals surface area contributed by atoms with Crippen molar-refractivity contribution in [3.63, 3.8) is 0 Å². The Kier molecular flexibility index (Phi) is 7.85. The molecule has 1 saturated heterocycles. The molecule has 1 aromatic carbocycles. The number of aromatic nitrogens is 4. The molecule has 1 N–H and O–H groups in total. The van der Waals surface area contributed by atoms with Crippen LogP contribution in [-0.4, -0.2) is 47.7 Å². The Morgan fingerprint density at radius 3 is 2.44 bits per heavy atom. The topological polar surface area (TPSA) is 116 Å². The Bertz CT molecular complexity index is 1520. The van der Waals surface area contributed by atoms with Gasteiger partial charge in [-0.2, -0.15) is 13.4 Å². The average molecular weight is 546 g/mol. The minimum atomic E-state index is -4.08. The number of hydrogen-bond donors (Lipinski definition) is 1. The number of pyridine rings is 2. The normalized spacial score (nSPS) is 15.4. The van der Waals surface area contributed by atoms with E-state index in [0.29, 0.717) is 29.1 Å². The Hall–Kier alpha value is -3.89. The van der Waals surface area contributed by atoms with Crippen molar-refractivity contribution in [3.8, 4) is 28.4 Å². The van der Waals surface area contributed by atoms with E-state index in [4.69, 9.17) is 14.5 Å². The van der Waals surface area contributed by atoms with Crippen molar-refractivity contribution >= 4 is 15.8 Å². The van der Waals surface area contributed by atoms with Crippen LogP contribution in [0, 0.1) is 6.92 Å². The van der Waals surface area contributed by atoms with Crippen molar-refractivity contribution in [2.45, 2.75) is 50.7 Å². The van der Waals surface area contributed by atoms with E-state index in [1.807, 2.05) is 45.0 Å². The number of aryl methyl sites for hydroxylation is 1. The molecule has 4 aromatic rings. The number of sulfonamides is 1. The number of benzene rings is 1. The number of hydrogen-bond acceptors (Lipinski definition) is 8. The molecule has 4 heterocycles. The van der Waals surface area contributed by atoms with E-state index in [1.54, 1.807) is 36.8 Å². The molecular formula is C29H31N5O4S. The smallest absolute Gasteiger partial charge is 0.280 e. The maximum absolute atomic E-state index is 13.5. The summed E-state index contributed by atoms with van der Waals surface area (Å²) in [5.74, 6) is 0.884. The fourth-order valence-corrected chi connectivity index (χ4v) is 5.19. The minimum absolute atomic E-state index is 0.0565. The predicted octanol–water partition coefficient (Wildman–Crippen LogP) is 5.39. The van der Waals surface area contributed by atoms with Crippen LogP contribution in [-0.2, 0) is 14.8 Å². The van der Waals surface area contributed by atoms with Gasteiger partial charge in [0, 0.05) is 30.8 Å². The summed E-state index contributed by atoms with van der Waals surface area (Å²) in [6.45, 7) is 7.01. The van der Waals surface area contributed by atoms with Crippen molar-refractivity contribution in [3.05, 3.63) is 78.2 Å². The maximum atomic E-state index is 13.5. The van der Waals surface area contributed by atoms with Crippen LogP contribution in [0.2, 0.25) is 0 Å². The highest BCUT2D eigenvalue weighted by Gasteiger charge is 2.26. The molecule has 1 fully saturated rings. The first-order chi connectivity index (χ1) is 18.8. The van der Waals surface area contributed by atoms with E-state index in [9.17, 15) is 8.42 Å². The largest absolute Gasteiger partial charge is 0.474 e. The van der Waals surface area contributed by atoms with E-state index in [-0.39, 0.29) is 35.4 Å². The Balaban J connectivity index is 1.63. The van der Waals surface area contributed by atoms with Gasteiger partial charge in [-0.1, -0.05) is 49.7 Å². The number of ether oxygens (including phenoxy) is 2. The molecule has 9 nitrogen and oxygen atoms in total. The summed E-state index contributed by atoms with van der Waals surface area (Å²) in [7, 11) is -4.08. The molecule has 0 aliphatic carbocycles. The molecule has 1 aliphatic rings. The first-order valence-electron chi connectivity index (χ1n) is 12.9. The lowest BCUT2D eigenvalue weighted by atomic mass is 10.1. The quantitative estimate of drug-likeness (QED) is 0.298. The fraction of sp³-hybridized carbons (Fsp3) is 0.310. The second-order valence-electron chi connectivity index (χ2n) is 9.81. The molecule has 0 saturated carbocycles. The molecule has 10 heteroatoms. The van der Waals surface area contributed by atoms with Crippen LogP contribution in [0.1, 0.15) is 43.7 Å². The van der Waals surface area contributed by atoms with Crippen molar-refractivity contribution in [2.24, 2.45) is 0 Å². The van der Waals surface area contributed by atoms with Gasteiger partial charge < -0.3 is 9.47 Å². The summed E-state index contributed by atoms with van der Waals surface area (Å²) >= 11 is 0. The van der Waals surface area contributed by atoms with Gasteiger partial charge in [-0.15, -0.1) is 0 Å². The molecular weight excluding hydrogens is 514 g/mol. The SMILES string of the molecule is Cc1ccc(-c2c(NS(=O)(=O)c3ccc(C(C)C)cn3)nc(-c3ccncc3)nc2OCC2CCCO2)cc1. The highest BCUT2D eigenvalue weighted by atomic mass is 32.2. The monoisotopic (exact) mass is 545 g/mol. The van der Waals surface area contributed by atoms with Gasteiger partial charge in [0.1, 0.15) is 6.61 Å². The summed E-state index contributed by atoms with van der Waals surface area (Å²) in [6, 6.07) is 14.5. The number of nitrogens with one attached hydrogen (secondary N) is 1. The molecule has 1 aliphatic heterocycles. The molecule has 3 aromatic heterocycles. The lowest BCUT2D eigenvalue weighted by molar-refractivity contribution is 0.0666. The molecule has 0 amide bonds. The zero-order valence-electron chi connectivity index (χ0n) is 22.2. The zero-order valence-corrected chi connectivity index (χ0v) is 23.0. The third kappa shape index (κ3) is 6.23. The molecule has 1 unspecified atom stereocenters. The third-order valence-electron chi connectivity index (χ3n) is 6.52. The Morgan fingerprint density at radius 2 is 1.79 bits per heavy atom. The third-order valence-corrected chi connectivity index (χ3v) is 7.77. The Morgan fingerprint density at radius 1 is 1.03 bits per heavy atom. The average Bonchev–Trinajstić information content (AvgIpc) is 3.46. The van der Waals surface area contributed by atoms with Crippen LogP contribution in [0.5, 0.6) is 5.88 Å².